The Balaban J connectivity index is 1.67. The number of nitrogens with zero attached hydrogens (tertiary/aromatic N) is 3. The lowest BCUT2D eigenvalue weighted by molar-refractivity contribution is -0.134. The first kappa shape index (κ1) is 24.8. The van der Waals surface area contributed by atoms with Gasteiger partial charge in [0.05, 0.1) is 26.1 Å². The van der Waals surface area contributed by atoms with Crippen LogP contribution in [0.3, 0.4) is 0 Å². The fourth-order valence-corrected chi connectivity index (χ4v) is 4.90. The number of carbonyl (C=O) groups excluding carboxylic acids is 3. The van der Waals surface area contributed by atoms with E-state index in [9.17, 15) is 14.4 Å². The van der Waals surface area contributed by atoms with Gasteiger partial charge in [0.1, 0.15) is 17.0 Å². The van der Waals surface area contributed by atoms with Crippen molar-refractivity contribution in [3.05, 3.63) is 47.5 Å². The largest absolute Gasteiger partial charge is 0.491 e. The minimum absolute atomic E-state index is 0.0436. The molecule has 1 N–H and O–H groups in total. The van der Waals surface area contributed by atoms with Gasteiger partial charge in [-0.15, -0.1) is 0 Å². The third kappa shape index (κ3) is 5.04. The number of aromatic nitrogens is 2. The molecule has 1 aliphatic heterocycles. The average Bonchev–Trinajstić information content (AvgIpc) is 3.26. The van der Waals surface area contributed by atoms with Crippen LogP contribution in [-0.2, 0) is 22.6 Å². The molecule has 1 aromatic carbocycles. The van der Waals surface area contributed by atoms with Crippen LogP contribution >= 0.6 is 0 Å². The molecule has 2 amide bonds. The van der Waals surface area contributed by atoms with Crippen molar-refractivity contribution in [2.24, 2.45) is 0 Å². The van der Waals surface area contributed by atoms with Gasteiger partial charge in [-0.3, -0.25) is 9.59 Å². The zero-order chi connectivity index (χ0) is 25.2. The minimum atomic E-state index is -1.16. The molecule has 0 bridgehead atoms. The fraction of sp³-hybridized carbons (Fsp3) is 0.538. The molecule has 35 heavy (non-hydrogen) atoms. The lowest BCUT2D eigenvalue weighted by Crippen LogP contribution is -2.64. The Labute approximate surface area is 205 Å². The highest BCUT2D eigenvalue weighted by Gasteiger charge is 2.49. The second kappa shape index (κ2) is 10.1. The van der Waals surface area contributed by atoms with E-state index in [1.165, 1.54) is 19.9 Å². The highest BCUT2D eigenvalue weighted by Crippen LogP contribution is 2.32. The van der Waals surface area contributed by atoms with Gasteiger partial charge < -0.3 is 24.3 Å². The lowest BCUT2D eigenvalue weighted by Gasteiger charge is -2.44. The van der Waals surface area contributed by atoms with Gasteiger partial charge in [-0.05, 0) is 51.3 Å². The maximum atomic E-state index is 13.8. The van der Waals surface area contributed by atoms with Gasteiger partial charge in [0.15, 0.2) is 5.69 Å². The van der Waals surface area contributed by atoms with E-state index in [1.54, 1.807) is 16.4 Å². The average molecular weight is 483 g/mol. The number of methoxy groups -OCH3 is 1. The topological polar surface area (TPSA) is 103 Å². The summed E-state index contributed by atoms with van der Waals surface area (Å²) in [5.74, 6) is -0.579. The van der Waals surface area contributed by atoms with E-state index < -0.39 is 17.4 Å². The number of nitrogens with one attached hydrogen (secondary N) is 1. The first-order chi connectivity index (χ1) is 16.7. The summed E-state index contributed by atoms with van der Waals surface area (Å²) in [4.78, 5) is 45.4. The smallest absolute Gasteiger partial charge is 0.359 e. The molecule has 1 aromatic heterocycles. The maximum Gasteiger partial charge on any atom is 0.359 e. The molecule has 1 aliphatic carbocycles. The van der Waals surface area contributed by atoms with Gasteiger partial charge >= 0.3 is 5.97 Å². The van der Waals surface area contributed by atoms with Crippen molar-refractivity contribution < 1.29 is 23.9 Å². The van der Waals surface area contributed by atoms with E-state index >= 15 is 0 Å². The first-order valence-corrected chi connectivity index (χ1v) is 12.2. The van der Waals surface area contributed by atoms with E-state index in [0.717, 1.165) is 37.0 Å². The number of esters is 1. The molecule has 1 saturated carbocycles. The quantitative estimate of drug-likeness (QED) is 0.608. The first-order valence-electron chi connectivity index (χ1n) is 12.2. The molecule has 188 valence electrons. The Bertz CT molecular complexity index is 1090. The highest BCUT2D eigenvalue weighted by atomic mass is 16.5. The second-order valence-corrected chi connectivity index (χ2v) is 9.85. The maximum absolute atomic E-state index is 13.8. The van der Waals surface area contributed by atoms with Crippen molar-refractivity contribution in [1.29, 1.82) is 0 Å². The molecule has 1 fully saturated rings. The molecule has 4 rings (SSSR count). The molecule has 2 heterocycles. The number of imidazole rings is 1. The van der Waals surface area contributed by atoms with Crippen LogP contribution in [0.1, 0.15) is 79.4 Å². The van der Waals surface area contributed by atoms with Crippen molar-refractivity contribution in [2.75, 3.05) is 7.11 Å². The van der Waals surface area contributed by atoms with E-state index in [-0.39, 0.29) is 42.5 Å². The highest BCUT2D eigenvalue weighted by molar-refractivity contribution is 6.06. The summed E-state index contributed by atoms with van der Waals surface area (Å²) in [6.07, 6.45) is 6.71. The summed E-state index contributed by atoms with van der Waals surface area (Å²) < 4.78 is 12.1. The molecule has 1 atom stereocenters. The number of rotatable bonds is 7. The predicted octanol–water partition coefficient (Wildman–Crippen LogP) is 3.32. The van der Waals surface area contributed by atoms with E-state index in [0.29, 0.717) is 0 Å². The molecule has 0 saturated heterocycles. The van der Waals surface area contributed by atoms with Crippen molar-refractivity contribution in [1.82, 2.24) is 19.8 Å². The van der Waals surface area contributed by atoms with Crippen LogP contribution in [-0.4, -0.2) is 57.0 Å². The van der Waals surface area contributed by atoms with Crippen LogP contribution in [0.25, 0.3) is 0 Å². The number of benzene rings is 1. The van der Waals surface area contributed by atoms with Gasteiger partial charge in [-0.2, -0.15) is 0 Å². The fourth-order valence-electron chi connectivity index (χ4n) is 4.90. The third-order valence-electron chi connectivity index (χ3n) is 6.80. The van der Waals surface area contributed by atoms with E-state index in [4.69, 9.17) is 9.47 Å². The molecule has 9 heteroatoms. The Kier molecular flexibility index (Phi) is 7.14. The number of amides is 2. The summed E-state index contributed by atoms with van der Waals surface area (Å²) in [5.41, 5.74) is -0.223. The lowest BCUT2D eigenvalue weighted by atomic mass is 9.91. The number of carbonyl (C=O) groups is 3. The summed E-state index contributed by atoms with van der Waals surface area (Å²) in [7, 11) is 1.25. The number of hydrogen-bond donors (Lipinski definition) is 1. The molecular formula is C26H34N4O5. The monoisotopic (exact) mass is 482 g/mol. The number of fused-ring (bicyclic) bond motifs is 1. The zero-order valence-electron chi connectivity index (χ0n) is 20.9. The Morgan fingerprint density at radius 2 is 1.86 bits per heavy atom. The summed E-state index contributed by atoms with van der Waals surface area (Å²) in [6, 6.07) is 7.59. The second-order valence-electron chi connectivity index (χ2n) is 9.85. The molecule has 2 aromatic rings. The minimum Gasteiger partial charge on any atom is -0.491 e. The van der Waals surface area contributed by atoms with Crippen LogP contribution < -0.4 is 10.1 Å². The van der Waals surface area contributed by atoms with Crippen LogP contribution in [0, 0.1) is 0 Å². The molecule has 0 radical (unpaired) electrons. The molecule has 2 aliphatic rings. The molecule has 9 nitrogen and oxygen atoms in total. The van der Waals surface area contributed by atoms with Crippen molar-refractivity contribution >= 4 is 17.8 Å². The molecule has 1 unspecified atom stereocenters. The molecule has 0 spiro atoms. The summed E-state index contributed by atoms with van der Waals surface area (Å²) in [5, 5.41) is 3.19. The molecular weight excluding hydrogens is 448 g/mol. The van der Waals surface area contributed by atoms with Crippen LogP contribution in [0.5, 0.6) is 5.75 Å². The predicted molar refractivity (Wildman–Crippen MR) is 129 cm³/mol. The van der Waals surface area contributed by atoms with Crippen molar-refractivity contribution in [3.8, 4) is 5.75 Å². The standard InChI is InChI=1S/C26H34N4O5/c1-17(2)35-20-12-10-18(11-13-20)14-30-23(31)22-21(24(32)34-4)27-16-29(22)15-26(30,3)25(33)28-19-8-6-5-7-9-19/h10-13,16-17,19H,5-9,14-15H2,1-4H3,(H,28,33). The van der Waals surface area contributed by atoms with Crippen LogP contribution in [0.4, 0.5) is 0 Å². The van der Waals surface area contributed by atoms with Crippen molar-refractivity contribution in [2.45, 2.75) is 83.6 Å². The van der Waals surface area contributed by atoms with Crippen molar-refractivity contribution in [3.63, 3.8) is 0 Å². The van der Waals surface area contributed by atoms with Gasteiger partial charge in [0, 0.05) is 12.6 Å². The van der Waals surface area contributed by atoms with Gasteiger partial charge in [0.2, 0.25) is 5.91 Å². The third-order valence-corrected chi connectivity index (χ3v) is 6.80. The van der Waals surface area contributed by atoms with E-state index in [2.05, 4.69) is 10.3 Å². The van der Waals surface area contributed by atoms with Gasteiger partial charge in [-0.25, -0.2) is 9.78 Å². The van der Waals surface area contributed by atoms with Crippen LogP contribution in [0.2, 0.25) is 0 Å². The van der Waals surface area contributed by atoms with Gasteiger partial charge in [0.25, 0.3) is 5.91 Å². The Morgan fingerprint density at radius 1 is 1.17 bits per heavy atom. The number of hydrogen-bond acceptors (Lipinski definition) is 6. The Morgan fingerprint density at radius 3 is 2.49 bits per heavy atom. The van der Waals surface area contributed by atoms with E-state index in [1.807, 2.05) is 38.1 Å². The SMILES string of the molecule is COC(=O)c1ncn2c1C(=O)N(Cc1ccc(OC(C)C)cc1)C(C)(C(=O)NC1CCCCC1)C2. The summed E-state index contributed by atoms with van der Waals surface area (Å²) in [6.45, 7) is 6.07. The normalized spacial score (nSPS) is 20.5. The van der Waals surface area contributed by atoms with Crippen LogP contribution in [0.15, 0.2) is 30.6 Å². The summed E-state index contributed by atoms with van der Waals surface area (Å²) >= 11 is 0. The number of ether oxygens (including phenoxy) is 2. The Hall–Kier alpha value is -3.36. The zero-order valence-corrected chi connectivity index (χ0v) is 20.9. The van der Waals surface area contributed by atoms with Gasteiger partial charge in [-0.1, -0.05) is 31.4 Å².